The van der Waals surface area contributed by atoms with Gasteiger partial charge in [-0.1, -0.05) is 0 Å². The number of phenolic OH excluding ortho intramolecular Hbond substituents is 1. The number of rotatable bonds is 3. The van der Waals surface area contributed by atoms with Gasteiger partial charge in [0.15, 0.2) is 5.60 Å². The Morgan fingerprint density at radius 1 is 1.27 bits per heavy atom. The van der Waals surface area contributed by atoms with Gasteiger partial charge in [-0.25, -0.2) is 5.06 Å². The standard InChI is InChI=1S/C16H23NO5/c1-9-10(2)14-12(11(3)13(9)19)5-6-16(4,22-14)15(20)17(21)7-8-18/h18-19,21H,5-8H2,1-4H3. The molecule has 3 N–H and O–H groups in total. The zero-order valence-electron chi connectivity index (χ0n) is 13.4. The first-order chi connectivity index (χ1) is 10.2. The fourth-order valence-electron chi connectivity index (χ4n) is 2.87. The number of amides is 1. The molecule has 1 atom stereocenters. The van der Waals surface area contributed by atoms with E-state index in [1.807, 2.05) is 13.8 Å². The predicted molar refractivity (Wildman–Crippen MR) is 80.3 cm³/mol. The molecule has 0 fully saturated rings. The number of aliphatic hydroxyl groups is 1. The number of hydrogen-bond donors (Lipinski definition) is 3. The van der Waals surface area contributed by atoms with Crippen LogP contribution in [0.3, 0.4) is 0 Å². The van der Waals surface area contributed by atoms with Crippen molar-refractivity contribution in [2.75, 3.05) is 13.2 Å². The average molecular weight is 309 g/mol. The number of hydrogen-bond acceptors (Lipinski definition) is 5. The van der Waals surface area contributed by atoms with Crippen LogP contribution in [0.15, 0.2) is 0 Å². The molecule has 0 radical (unpaired) electrons. The predicted octanol–water partition coefficient (Wildman–Crippen LogP) is 1.61. The Bertz CT molecular complexity index is 613. The number of nitrogens with zero attached hydrogens (tertiary/aromatic N) is 1. The topological polar surface area (TPSA) is 90.2 Å². The normalized spacial score (nSPS) is 20.3. The maximum absolute atomic E-state index is 12.4. The molecule has 1 heterocycles. The lowest BCUT2D eigenvalue weighted by Crippen LogP contribution is -2.52. The maximum Gasteiger partial charge on any atom is 0.289 e. The Kier molecular flexibility index (Phi) is 4.35. The number of carbonyl (C=O) groups excluding carboxylic acids is 1. The largest absolute Gasteiger partial charge is 0.507 e. The third-order valence-corrected chi connectivity index (χ3v) is 4.52. The second kappa shape index (κ2) is 5.78. The lowest BCUT2D eigenvalue weighted by molar-refractivity contribution is -0.184. The summed E-state index contributed by atoms with van der Waals surface area (Å²) in [5, 5.41) is 29.2. The van der Waals surface area contributed by atoms with Gasteiger partial charge in [-0.05, 0) is 50.8 Å². The molecule has 1 aliphatic heterocycles. The number of ether oxygens (including phenoxy) is 1. The van der Waals surface area contributed by atoms with Crippen LogP contribution in [0.1, 0.15) is 35.6 Å². The van der Waals surface area contributed by atoms with Crippen LogP contribution in [0.2, 0.25) is 0 Å². The van der Waals surface area contributed by atoms with E-state index in [0.29, 0.717) is 23.7 Å². The Balaban J connectivity index is 2.41. The molecule has 1 aromatic rings. The minimum Gasteiger partial charge on any atom is -0.507 e. The summed E-state index contributed by atoms with van der Waals surface area (Å²) in [5.74, 6) is 0.293. The van der Waals surface area contributed by atoms with Crippen molar-refractivity contribution < 1.29 is 25.0 Å². The summed E-state index contributed by atoms with van der Waals surface area (Å²) in [5.41, 5.74) is 2.01. The van der Waals surface area contributed by atoms with Gasteiger partial charge in [0, 0.05) is 12.0 Å². The van der Waals surface area contributed by atoms with Crippen LogP contribution >= 0.6 is 0 Å². The molecule has 1 aliphatic rings. The van der Waals surface area contributed by atoms with Crippen molar-refractivity contribution in [3.05, 3.63) is 22.3 Å². The summed E-state index contributed by atoms with van der Waals surface area (Å²) in [6.07, 6.45) is 0.967. The van der Waals surface area contributed by atoms with Crippen molar-refractivity contribution >= 4 is 5.91 Å². The van der Waals surface area contributed by atoms with Crippen molar-refractivity contribution in [1.82, 2.24) is 5.06 Å². The van der Waals surface area contributed by atoms with Gasteiger partial charge >= 0.3 is 0 Å². The van der Waals surface area contributed by atoms with Crippen LogP contribution in [-0.4, -0.2) is 45.1 Å². The summed E-state index contributed by atoms with van der Waals surface area (Å²) >= 11 is 0. The van der Waals surface area contributed by atoms with Crippen molar-refractivity contribution in [1.29, 1.82) is 0 Å². The summed E-state index contributed by atoms with van der Waals surface area (Å²) in [7, 11) is 0. The highest BCUT2D eigenvalue weighted by atomic mass is 16.5. The number of carbonyl (C=O) groups is 1. The third kappa shape index (κ3) is 2.53. The first-order valence-corrected chi connectivity index (χ1v) is 7.35. The van der Waals surface area contributed by atoms with Gasteiger partial charge in [-0.2, -0.15) is 0 Å². The number of aromatic hydroxyl groups is 1. The zero-order valence-corrected chi connectivity index (χ0v) is 13.4. The summed E-state index contributed by atoms with van der Waals surface area (Å²) in [4.78, 5) is 12.4. The van der Waals surface area contributed by atoms with Crippen LogP contribution in [0.5, 0.6) is 11.5 Å². The van der Waals surface area contributed by atoms with Gasteiger partial charge in [0.1, 0.15) is 11.5 Å². The average Bonchev–Trinajstić information content (AvgIpc) is 2.50. The second-order valence-corrected chi connectivity index (χ2v) is 6.02. The Hall–Kier alpha value is -1.79. The summed E-state index contributed by atoms with van der Waals surface area (Å²) in [6.45, 7) is 6.64. The molecule has 6 heteroatoms. The molecule has 1 aromatic carbocycles. The van der Waals surface area contributed by atoms with Crippen LogP contribution in [-0.2, 0) is 11.2 Å². The molecular formula is C16H23NO5. The van der Waals surface area contributed by atoms with Gasteiger partial charge in [0.05, 0.1) is 13.2 Å². The Morgan fingerprint density at radius 2 is 1.91 bits per heavy atom. The maximum atomic E-state index is 12.4. The Labute approximate surface area is 129 Å². The van der Waals surface area contributed by atoms with E-state index in [1.165, 1.54) is 0 Å². The fourth-order valence-corrected chi connectivity index (χ4v) is 2.87. The number of phenols is 1. The highest BCUT2D eigenvalue weighted by molar-refractivity contribution is 5.85. The minimum atomic E-state index is -1.18. The van der Waals surface area contributed by atoms with Crippen molar-refractivity contribution in [3.63, 3.8) is 0 Å². The lowest BCUT2D eigenvalue weighted by atomic mass is 9.86. The Morgan fingerprint density at radius 3 is 2.50 bits per heavy atom. The fraction of sp³-hybridized carbons (Fsp3) is 0.562. The van der Waals surface area contributed by atoms with Gasteiger partial charge in [0.2, 0.25) is 0 Å². The monoisotopic (exact) mass is 309 g/mol. The van der Waals surface area contributed by atoms with E-state index in [9.17, 15) is 15.1 Å². The van der Waals surface area contributed by atoms with E-state index in [2.05, 4.69) is 0 Å². The molecule has 0 bridgehead atoms. The number of benzene rings is 1. The summed E-state index contributed by atoms with van der Waals surface area (Å²) < 4.78 is 5.95. The molecule has 6 nitrogen and oxygen atoms in total. The van der Waals surface area contributed by atoms with E-state index in [0.717, 1.165) is 22.3 Å². The zero-order chi connectivity index (χ0) is 16.7. The minimum absolute atomic E-state index is 0.155. The van der Waals surface area contributed by atoms with Crippen molar-refractivity contribution in [2.45, 2.75) is 46.1 Å². The van der Waals surface area contributed by atoms with Crippen LogP contribution in [0.4, 0.5) is 0 Å². The SMILES string of the molecule is Cc1c(C)c2c(c(C)c1O)CCC(C)(C(=O)N(O)CCO)O2. The van der Waals surface area contributed by atoms with E-state index in [1.54, 1.807) is 13.8 Å². The van der Waals surface area contributed by atoms with Crippen LogP contribution in [0, 0.1) is 20.8 Å². The van der Waals surface area contributed by atoms with E-state index < -0.39 is 11.5 Å². The molecule has 1 amide bonds. The van der Waals surface area contributed by atoms with Crippen LogP contribution < -0.4 is 4.74 Å². The first-order valence-electron chi connectivity index (χ1n) is 7.35. The number of aliphatic hydroxyl groups excluding tert-OH is 1. The van der Waals surface area contributed by atoms with Gasteiger partial charge in [0.25, 0.3) is 5.91 Å². The molecule has 0 spiro atoms. The van der Waals surface area contributed by atoms with E-state index >= 15 is 0 Å². The molecule has 0 saturated heterocycles. The lowest BCUT2D eigenvalue weighted by Gasteiger charge is -2.37. The molecule has 0 aliphatic carbocycles. The highest BCUT2D eigenvalue weighted by Crippen LogP contribution is 2.43. The number of hydroxylamine groups is 2. The molecule has 122 valence electrons. The van der Waals surface area contributed by atoms with E-state index in [4.69, 9.17) is 9.84 Å². The molecule has 0 aromatic heterocycles. The van der Waals surface area contributed by atoms with Crippen molar-refractivity contribution in [3.8, 4) is 11.5 Å². The highest BCUT2D eigenvalue weighted by Gasteiger charge is 2.43. The molecule has 22 heavy (non-hydrogen) atoms. The smallest absolute Gasteiger partial charge is 0.289 e. The number of fused-ring (bicyclic) bond motifs is 1. The first kappa shape index (κ1) is 16.6. The molecular weight excluding hydrogens is 286 g/mol. The van der Waals surface area contributed by atoms with Gasteiger partial charge < -0.3 is 14.9 Å². The van der Waals surface area contributed by atoms with Crippen molar-refractivity contribution in [2.24, 2.45) is 0 Å². The van der Waals surface area contributed by atoms with Gasteiger partial charge in [-0.15, -0.1) is 0 Å². The van der Waals surface area contributed by atoms with E-state index in [-0.39, 0.29) is 18.9 Å². The molecule has 1 unspecified atom stereocenters. The second-order valence-electron chi connectivity index (χ2n) is 6.02. The quantitative estimate of drug-likeness (QED) is 0.583. The van der Waals surface area contributed by atoms with Gasteiger partial charge in [-0.3, -0.25) is 10.0 Å². The molecule has 0 saturated carbocycles. The third-order valence-electron chi connectivity index (χ3n) is 4.52. The summed E-state index contributed by atoms with van der Waals surface area (Å²) in [6, 6.07) is 0. The molecule has 2 rings (SSSR count). The van der Waals surface area contributed by atoms with Crippen LogP contribution in [0.25, 0.3) is 0 Å².